The minimum Gasteiger partial charge on any atom is -0.468 e. The van der Waals surface area contributed by atoms with Crippen molar-refractivity contribution in [3.8, 4) is 5.88 Å². The fourth-order valence-electron chi connectivity index (χ4n) is 2.70. The van der Waals surface area contributed by atoms with Crippen LogP contribution in [0.3, 0.4) is 0 Å². The van der Waals surface area contributed by atoms with Gasteiger partial charge in [0, 0.05) is 29.4 Å². The number of nitrogens with one attached hydrogen (secondary N) is 2. The molecule has 1 aliphatic rings. The van der Waals surface area contributed by atoms with Crippen LogP contribution < -0.4 is 15.4 Å². The molecule has 2 N–H and O–H groups in total. The Labute approximate surface area is 171 Å². The number of rotatable bonds is 7. The molecule has 2 aromatic rings. The van der Waals surface area contributed by atoms with Crippen LogP contribution in [-0.2, 0) is 4.79 Å². The van der Waals surface area contributed by atoms with Crippen molar-refractivity contribution < 1.29 is 27.5 Å². The number of carbonyl (C=O) groups is 2. The summed E-state index contributed by atoms with van der Waals surface area (Å²) in [5.74, 6) is -0.288. The van der Waals surface area contributed by atoms with Crippen molar-refractivity contribution in [1.82, 2.24) is 15.3 Å². The Morgan fingerprint density at radius 2 is 2.00 bits per heavy atom. The third kappa shape index (κ3) is 5.91. The lowest BCUT2D eigenvalue weighted by atomic mass is 10.1. The minimum atomic E-state index is -4.45. The number of anilines is 1. The van der Waals surface area contributed by atoms with Gasteiger partial charge in [0.05, 0.1) is 6.04 Å². The molecule has 0 bridgehead atoms. The van der Waals surface area contributed by atoms with Gasteiger partial charge in [-0.2, -0.15) is 13.2 Å². The second-order valence-electron chi connectivity index (χ2n) is 7.18. The fraction of sp³-hybridized carbons (Fsp3) is 0.400. The zero-order valence-corrected chi connectivity index (χ0v) is 16.4. The molecule has 1 saturated carbocycles. The first-order valence-corrected chi connectivity index (χ1v) is 9.36. The molecular formula is C20H21F3N4O3. The van der Waals surface area contributed by atoms with Gasteiger partial charge in [0.2, 0.25) is 11.8 Å². The van der Waals surface area contributed by atoms with Crippen molar-refractivity contribution in [2.24, 2.45) is 5.92 Å². The van der Waals surface area contributed by atoms with Gasteiger partial charge in [-0.05, 0) is 50.5 Å². The minimum absolute atomic E-state index is 0.0168. The molecular weight excluding hydrogens is 401 g/mol. The zero-order valence-electron chi connectivity index (χ0n) is 16.4. The number of nitrogens with zero attached hydrogens (tertiary/aromatic N) is 2. The van der Waals surface area contributed by atoms with Crippen LogP contribution in [-0.4, -0.2) is 34.6 Å². The van der Waals surface area contributed by atoms with Crippen LogP contribution in [0.2, 0.25) is 0 Å². The first-order valence-electron chi connectivity index (χ1n) is 9.36. The lowest BCUT2D eigenvalue weighted by Crippen LogP contribution is -2.27. The first kappa shape index (κ1) is 21.5. The van der Waals surface area contributed by atoms with E-state index in [9.17, 15) is 22.8 Å². The molecule has 0 aromatic carbocycles. The smallest absolute Gasteiger partial charge is 0.422 e. The highest BCUT2D eigenvalue weighted by atomic mass is 19.4. The van der Waals surface area contributed by atoms with Gasteiger partial charge in [-0.25, -0.2) is 9.97 Å². The molecule has 0 aliphatic heterocycles. The molecule has 160 valence electrons. The normalized spacial score (nSPS) is 14.7. The standard InChI is InChI=1S/C20H21F3N4O3/c1-11-7-15(9-25-19(11)30-10-20(21,22)23)12(2)26-18(29)14-5-6-24-16(8-14)27-17(28)13-3-4-13/h5-9,12-13H,3-4,10H2,1-2H3,(H,26,29)(H,24,27,28). The van der Waals surface area contributed by atoms with Gasteiger partial charge in [0.15, 0.2) is 6.61 Å². The Morgan fingerprint density at radius 3 is 2.63 bits per heavy atom. The number of alkyl halides is 3. The number of halogens is 3. The molecule has 1 aliphatic carbocycles. The topological polar surface area (TPSA) is 93.2 Å². The molecule has 2 heterocycles. The van der Waals surface area contributed by atoms with Gasteiger partial charge >= 0.3 is 6.18 Å². The summed E-state index contributed by atoms with van der Waals surface area (Å²) < 4.78 is 41.6. The Kier molecular flexibility index (Phi) is 6.23. The van der Waals surface area contributed by atoms with Gasteiger partial charge < -0.3 is 15.4 Å². The maximum absolute atomic E-state index is 12.6. The monoisotopic (exact) mass is 422 g/mol. The van der Waals surface area contributed by atoms with Gasteiger partial charge in [-0.1, -0.05) is 0 Å². The SMILES string of the molecule is Cc1cc(C(C)NC(=O)c2ccnc(NC(=O)C3CC3)c2)cnc1OCC(F)(F)F. The molecule has 3 rings (SSSR count). The summed E-state index contributed by atoms with van der Waals surface area (Å²) >= 11 is 0. The Balaban J connectivity index is 1.62. The molecule has 10 heteroatoms. The molecule has 0 spiro atoms. The Morgan fingerprint density at radius 1 is 1.27 bits per heavy atom. The number of ether oxygens (including phenoxy) is 1. The van der Waals surface area contributed by atoms with Crippen molar-refractivity contribution in [2.45, 2.75) is 38.9 Å². The molecule has 7 nitrogen and oxygen atoms in total. The average molecular weight is 422 g/mol. The molecule has 0 saturated heterocycles. The maximum Gasteiger partial charge on any atom is 0.422 e. The molecule has 1 unspecified atom stereocenters. The molecule has 30 heavy (non-hydrogen) atoms. The number of pyridine rings is 2. The summed E-state index contributed by atoms with van der Waals surface area (Å²) in [6.07, 6.45) is 0.0572. The van der Waals surface area contributed by atoms with Crippen LogP contribution >= 0.6 is 0 Å². The maximum atomic E-state index is 12.6. The predicted octanol–water partition coefficient (Wildman–Crippen LogP) is 3.57. The number of aromatic nitrogens is 2. The zero-order chi connectivity index (χ0) is 21.9. The lowest BCUT2D eigenvalue weighted by Gasteiger charge is -2.16. The van der Waals surface area contributed by atoms with Gasteiger partial charge in [-0.3, -0.25) is 9.59 Å². The van der Waals surface area contributed by atoms with Crippen LogP contribution in [0.5, 0.6) is 5.88 Å². The van der Waals surface area contributed by atoms with Crippen molar-refractivity contribution in [1.29, 1.82) is 0 Å². The summed E-state index contributed by atoms with van der Waals surface area (Å²) in [4.78, 5) is 32.4. The summed E-state index contributed by atoms with van der Waals surface area (Å²) in [6.45, 7) is 1.88. The summed E-state index contributed by atoms with van der Waals surface area (Å²) in [7, 11) is 0. The van der Waals surface area contributed by atoms with Gasteiger partial charge in [-0.15, -0.1) is 0 Å². The number of hydrogen-bond acceptors (Lipinski definition) is 5. The highest BCUT2D eigenvalue weighted by Crippen LogP contribution is 2.30. The Hall–Kier alpha value is -3.17. The average Bonchev–Trinajstić information content (AvgIpc) is 3.51. The van der Waals surface area contributed by atoms with E-state index in [2.05, 4.69) is 25.3 Å². The largest absolute Gasteiger partial charge is 0.468 e. The van der Waals surface area contributed by atoms with Crippen molar-refractivity contribution in [2.75, 3.05) is 11.9 Å². The van der Waals surface area contributed by atoms with Crippen LogP contribution in [0, 0.1) is 12.8 Å². The van der Waals surface area contributed by atoms with E-state index in [1.54, 1.807) is 19.9 Å². The van der Waals surface area contributed by atoms with Crippen LogP contribution in [0.15, 0.2) is 30.6 Å². The third-order valence-corrected chi connectivity index (χ3v) is 4.49. The summed E-state index contributed by atoms with van der Waals surface area (Å²) in [6, 6.07) is 4.15. The van der Waals surface area contributed by atoms with E-state index in [1.807, 2.05) is 0 Å². The highest BCUT2D eigenvalue weighted by Gasteiger charge is 2.30. The number of hydrogen-bond donors (Lipinski definition) is 2. The van der Waals surface area contributed by atoms with E-state index in [0.29, 0.717) is 22.5 Å². The van der Waals surface area contributed by atoms with E-state index >= 15 is 0 Å². The predicted molar refractivity (Wildman–Crippen MR) is 102 cm³/mol. The fourth-order valence-corrected chi connectivity index (χ4v) is 2.70. The second-order valence-corrected chi connectivity index (χ2v) is 7.18. The molecule has 1 fully saturated rings. The first-order chi connectivity index (χ1) is 14.1. The van der Waals surface area contributed by atoms with Crippen LogP contribution in [0.4, 0.5) is 19.0 Å². The van der Waals surface area contributed by atoms with E-state index in [1.165, 1.54) is 24.5 Å². The summed E-state index contributed by atoms with van der Waals surface area (Å²) in [5.41, 5.74) is 1.35. The van der Waals surface area contributed by atoms with Crippen molar-refractivity contribution >= 4 is 17.6 Å². The lowest BCUT2D eigenvalue weighted by molar-refractivity contribution is -0.154. The second kappa shape index (κ2) is 8.68. The number of carbonyl (C=O) groups excluding carboxylic acids is 2. The highest BCUT2D eigenvalue weighted by molar-refractivity contribution is 5.97. The van der Waals surface area contributed by atoms with Crippen LogP contribution in [0.25, 0.3) is 0 Å². The van der Waals surface area contributed by atoms with E-state index in [4.69, 9.17) is 0 Å². The molecule has 0 radical (unpaired) electrons. The van der Waals surface area contributed by atoms with E-state index in [0.717, 1.165) is 12.8 Å². The molecule has 2 aromatic heterocycles. The van der Waals surface area contributed by atoms with Crippen LogP contribution in [0.1, 0.15) is 47.3 Å². The molecule has 1 atom stereocenters. The van der Waals surface area contributed by atoms with Crippen molar-refractivity contribution in [3.05, 3.63) is 47.3 Å². The van der Waals surface area contributed by atoms with Crippen molar-refractivity contribution in [3.63, 3.8) is 0 Å². The van der Waals surface area contributed by atoms with Gasteiger partial charge in [0.1, 0.15) is 5.82 Å². The number of aryl methyl sites for hydroxylation is 1. The quantitative estimate of drug-likeness (QED) is 0.712. The summed E-state index contributed by atoms with van der Waals surface area (Å²) in [5, 5.41) is 5.48. The van der Waals surface area contributed by atoms with E-state index in [-0.39, 0.29) is 23.6 Å². The number of amides is 2. The van der Waals surface area contributed by atoms with Gasteiger partial charge in [0.25, 0.3) is 5.91 Å². The third-order valence-electron chi connectivity index (χ3n) is 4.49. The molecule has 2 amide bonds. The Bertz CT molecular complexity index is 945. The van der Waals surface area contributed by atoms with E-state index < -0.39 is 18.8 Å².